The highest BCUT2D eigenvalue weighted by molar-refractivity contribution is 14.0. The molecular formula is C23H33IN4O3S. The lowest BCUT2D eigenvalue weighted by Crippen LogP contribution is -2.38. The van der Waals surface area contributed by atoms with Crippen LogP contribution >= 0.6 is 24.0 Å². The molecule has 32 heavy (non-hydrogen) atoms. The first-order valence-electron chi connectivity index (χ1n) is 10.7. The number of morpholine rings is 1. The summed E-state index contributed by atoms with van der Waals surface area (Å²) in [4.78, 5) is 7.03. The number of guanidine groups is 1. The Kier molecular flexibility index (Phi) is 11.4. The molecule has 0 aromatic heterocycles. The molecule has 7 nitrogen and oxygen atoms in total. The van der Waals surface area contributed by atoms with Gasteiger partial charge in [-0.25, -0.2) is 8.42 Å². The lowest BCUT2D eigenvalue weighted by molar-refractivity contribution is 0.0341. The highest BCUT2D eigenvalue weighted by atomic mass is 127. The molecule has 2 aromatic rings. The van der Waals surface area contributed by atoms with Crippen molar-refractivity contribution in [1.29, 1.82) is 0 Å². The molecule has 1 saturated heterocycles. The van der Waals surface area contributed by atoms with Crippen molar-refractivity contribution in [2.24, 2.45) is 4.99 Å². The number of hydrogen-bond donors (Lipinski definition) is 2. The Morgan fingerprint density at radius 1 is 1.00 bits per heavy atom. The van der Waals surface area contributed by atoms with Gasteiger partial charge in [0.25, 0.3) is 0 Å². The third kappa shape index (κ3) is 8.34. The maximum absolute atomic E-state index is 12.4. The summed E-state index contributed by atoms with van der Waals surface area (Å²) in [6.45, 7) is 5.58. The fraction of sp³-hybridized carbons (Fsp3) is 0.435. The first-order valence-corrected chi connectivity index (χ1v) is 12.3. The van der Waals surface area contributed by atoms with Gasteiger partial charge >= 0.3 is 0 Å². The predicted octanol–water partition coefficient (Wildman–Crippen LogP) is 2.67. The average molecular weight is 573 g/mol. The van der Waals surface area contributed by atoms with Gasteiger partial charge in [0.15, 0.2) is 15.8 Å². The Balaban J connectivity index is 0.00000363. The summed E-state index contributed by atoms with van der Waals surface area (Å²) in [5, 5.41) is 6.55. The van der Waals surface area contributed by atoms with Crippen LogP contribution in [0.4, 0.5) is 0 Å². The zero-order valence-electron chi connectivity index (χ0n) is 18.5. The number of halogens is 1. The van der Waals surface area contributed by atoms with Crippen LogP contribution < -0.4 is 10.6 Å². The molecule has 1 aliphatic heterocycles. The molecule has 0 radical (unpaired) electrons. The molecular weight excluding hydrogens is 539 g/mol. The SMILES string of the molecule is CN=C(NCCCS(=O)(=O)c1ccccc1)NCc1ccccc1CN1CCOCC1.I. The fourth-order valence-corrected chi connectivity index (χ4v) is 4.83. The van der Waals surface area contributed by atoms with Crippen molar-refractivity contribution in [3.05, 3.63) is 65.7 Å². The Morgan fingerprint density at radius 3 is 2.34 bits per heavy atom. The van der Waals surface area contributed by atoms with Crippen molar-refractivity contribution in [3.63, 3.8) is 0 Å². The summed E-state index contributed by atoms with van der Waals surface area (Å²) < 4.78 is 30.2. The molecule has 0 aliphatic carbocycles. The minimum atomic E-state index is -3.25. The molecule has 2 aromatic carbocycles. The molecule has 2 N–H and O–H groups in total. The van der Waals surface area contributed by atoms with E-state index in [1.807, 2.05) is 12.1 Å². The summed E-state index contributed by atoms with van der Waals surface area (Å²) in [6, 6.07) is 17.0. The van der Waals surface area contributed by atoms with E-state index in [0.717, 1.165) is 32.8 Å². The summed E-state index contributed by atoms with van der Waals surface area (Å²) in [6.07, 6.45) is 0.506. The second-order valence-corrected chi connectivity index (χ2v) is 9.60. The molecule has 0 spiro atoms. The summed E-state index contributed by atoms with van der Waals surface area (Å²) >= 11 is 0. The Morgan fingerprint density at radius 2 is 1.66 bits per heavy atom. The van der Waals surface area contributed by atoms with Crippen LogP contribution in [0.3, 0.4) is 0 Å². The quantitative estimate of drug-likeness (QED) is 0.208. The second-order valence-electron chi connectivity index (χ2n) is 7.50. The van der Waals surface area contributed by atoms with E-state index in [9.17, 15) is 8.42 Å². The Bertz CT molecular complexity index is 949. The number of nitrogens with one attached hydrogen (secondary N) is 2. The molecule has 1 aliphatic rings. The van der Waals surface area contributed by atoms with Gasteiger partial charge in [0, 0.05) is 39.8 Å². The summed E-state index contributed by atoms with van der Waals surface area (Å²) in [7, 11) is -1.54. The molecule has 0 bridgehead atoms. The molecule has 0 amide bonds. The molecule has 1 fully saturated rings. The van der Waals surface area contributed by atoms with E-state index in [0.29, 0.717) is 30.4 Å². The van der Waals surface area contributed by atoms with Gasteiger partial charge in [0.05, 0.1) is 23.9 Å². The van der Waals surface area contributed by atoms with Crippen molar-refractivity contribution in [3.8, 4) is 0 Å². The van der Waals surface area contributed by atoms with E-state index < -0.39 is 9.84 Å². The number of sulfone groups is 1. The number of ether oxygens (including phenoxy) is 1. The lowest BCUT2D eigenvalue weighted by atomic mass is 10.1. The van der Waals surface area contributed by atoms with Gasteiger partial charge in [-0.05, 0) is 29.7 Å². The van der Waals surface area contributed by atoms with Crippen molar-refractivity contribution in [2.45, 2.75) is 24.4 Å². The first kappa shape index (κ1) is 26.6. The van der Waals surface area contributed by atoms with Gasteiger partial charge in [-0.2, -0.15) is 0 Å². The summed E-state index contributed by atoms with van der Waals surface area (Å²) in [5.41, 5.74) is 2.52. The van der Waals surface area contributed by atoms with E-state index in [-0.39, 0.29) is 29.7 Å². The molecule has 176 valence electrons. The van der Waals surface area contributed by atoms with Crippen LogP contribution in [0.25, 0.3) is 0 Å². The smallest absolute Gasteiger partial charge is 0.191 e. The second kappa shape index (κ2) is 13.8. The maximum atomic E-state index is 12.4. The lowest BCUT2D eigenvalue weighted by Gasteiger charge is -2.27. The molecule has 0 atom stereocenters. The standard InChI is InChI=1S/C23H32N4O3S.HI/c1-24-23(25-12-7-17-31(28,29)22-10-3-2-4-11-22)26-18-20-8-5-6-9-21(20)19-27-13-15-30-16-14-27;/h2-6,8-11H,7,12-19H2,1H3,(H2,24,25,26);1H. The first-order chi connectivity index (χ1) is 15.1. The van der Waals surface area contributed by atoms with Crippen molar-refractivity contribution in [1.82, 2.24) is 15.5 Å². The third-order valence-electron chi connectivity index (χ3n) is 5.27. The van der Waals surface area contributed by atoms with Gasteiger partial charge in [0.2, 0.25) is 0 Å². The van der Waals surface area contributed by atoms with Gasteiger partial charge in [-0.15, -0.1) is 24.0 Å². The summed E-state index contributed by atoms with van der Waals surface area (Å²) in [5.74, 6) is 0.766. The van der Waals surface area contributed by atoms with Crippen LogP contribution in [-0.4, -0.2) is 64.9 Å². The zero-order valence-corrected chi connectivity index (χ0v) is 21.6. The van der Waals surface area contributed by atoms with E-state index in [4.69, 9.17) is 4.74 Å². The molecule has 1 heterocycles. The normalized spacial score (nSPS) is 15.1. The fourth-order valence-electron chi connectivity index (χ4n) is 3.50. The Labute approximate surface area is 208 Å². The van der Waals surface area contributed by atoms with Crippen LogP contribution in [0, 0.1) is 0 Å². The minimum absolute atomic E-state index is 0. The Hall–Kier alpha value is -1.69. The van der Waals surface area contributed by atoms with Crippen molar-refractivity contribution < 1.29 is 13.2 Å². The monoisotopic (exact) mass is 572 g/mol. The van der Waals surface area contributed by atoms with Crippen LogP contribution in [-0.2, 0) is 27.7 Å². The highest BCUT2D eigenvalue weighted by Crippen LogP contribution is 2.13. The van der Waals surface area contributed by atoms with Gasteiger partial charge in [-0.3, -0.25) is 9.89 Å². The number of hydrogen-bond acceptors (Lipinski definition) is 5. The number of nitrogens with zero attached hydrogens (tertiary/aromatic N) is 2. The van der Waals surface area contributed by atoms with Gasteiger partial charge in [-0.1, -0.05) is 42.5 Å². The van der Waals surface area contributed by atoms with Crippen molar-refractivity contribution >= 4 is 39.8 Å². The van der Waals surface area contributed by atoms with Gasteiger partial charge < -0.3 is 15.4 Å². The third-order valence-corrected chi connectivity index (χ3v) is 7.09. The number of rotatable bonds is 9. The largest absolute Gasteiger partial charge is 0.379 e. The van der Waals surface area contributed by atoms with Crippen LogP contribution in [0.2, 0.25) is 0 Å². The molecule has 0 saturated carbocycles. The number of benzene rings is 2. The van der Waals surface area contributed by atoms with Gasteiger partial charge in [0.1, 0.15) is 0 Å². The van der Waals surface area contributed by atoms with E-state index in [1.165, 1.54) is 11.1 Å². The number of aliphatic imine (C=N–C) groups is 1. The average Bonchev–Trinajstić information content (AvgIpc) is 2.81. The predicted molar refractivity (Wildman–Crippen MR) is 139 cm³/mol. The molecule has 9 heteroatoms. The maximum Gasteiger partial charge on any atom is 0.191 e. The van der Waals surface area contributed by atoms with E-state index in [2.05, 4.69) is 38.7 Å². The topological polar surface area (TPSA) is 83.0 Å². The van der Waals surface area contributed by atoms with E-state index >= 15 is 0 Å². The van der Waals surface area contributed by atoms with Crippen molar-refractivity contribution in [2.75, 3.05) is 45.6 Å². The van der Waals surface area contributed by atoms with Crippen LogP contribution in [0.5, 0.6) is 0 Å². The molecule has 0 unspecified atom stereocenters. The minimum Gasteiger partial charge on any atom is -0.379 e. The molecule has 3 rings (SSSR count). The van der Waals surface area contributed by atoms with Crippen LogP contribution in [0.1, 0.15) is 17.5 Å². The highest BCUT2D eigenvalue weighted by Gasteiger charge is 2.14. The zero-order chi connectivity index (χ0) is 21.9. The van der Waals surface area contributed by atoms with Crippen LogP contribution in [0.15, 0.2) is 64.5 Å². The van der Waals surface area contributed by atoms with E-state index in [1.54, 1.807) is 31.3 Å².